The lowest BCUT2D eigenvalue weighted by Gasteiger charge is -2.19. The van der Waals surface area contributed by atoms with Crippen LogP contribution in [0.1, 0.15) is 40.0 Å². The maximum absolute atomic E-state index is 12.9. The highest BCUT2D eigenvalue weighted by Gasteiger charge is 2.27. The Labute approximate surface area is 162 Å². The Hall–Kier alpha value is -1.91. The third-order valence-corrected chi connectivity index (χ3v) is 6.78. The van der Waals surface area contributed by atoms with Gasteiger partial charge in [-0.15, -0.1) is 10.2 Å². The van der Waals surface area contributed by atoms with Crippen molar-refractivity contribution >= 4 is 32.4 Å². The minimum absolute atomic E-state index is 0.213. The van der Waals surface area contributed by atoms with Gasteiger partial charge in [-0.1, -0.05) is 11.3 Å². The molecular weight excluding hydrogens is 391 g/mol. The molecule has 0 unspecified atom stereocenters. The van der Waals surface area contributed by atoms with E-state index >= 15 is 0 Å². The second-order valence-electron chi connectivity index (χ2n) is 6.93. The zero-order valence-corrected chi connectivity index (χ0v) is 17.1. The van der Waals surface area contributed by atoms with Gasteiger partial charge in [0.15, 0.2) is 0 Å². The fraction of sp³-hybridized carbons (Fsp3) is 0.471. The van der Waals surface area contributed by atoms with Crippen molar-refractivity contribution in [1.29, 1.82) is 0 Å². The van der Waals surface area contributed by atoms with E-state index in [9.17, 15) is 17.6 Å². The number of nitrogens with zero attached hydrogens (tertiary/aromatic N) is 2. The van der Waals surface area contributed by atoms with Gasteiger partial charge < -0.3 is 5.32 Å². The SMILES string of the molecule is CC(C)(C)S(=O)(=O)NCCCCC(=O)Nc1nnc(-c2ccc(F)cc2)s1. The summed E-state index contributed by atoms with van der Waals surface area (Å²) in [6.07, 6.45) is 1.35. The Balaban J connectivity index is 1.74. The molecular formula is C17H23FN4O3S2. The van der Waals surface area contributed by atoms with Gasteiger partial charge in [-0.05, 0) is 57.9 Å². The lowest BCUT2D eigenvalue weighted by Crippen LogP contribution is -2.39. The van der Waals surface area contributed by atoms with Crippen LogP contribution in [0.5, 0.6) is 0 Å². The molecule has 2 rings (SSSR count). The minimum Gasteiger partial charge on any atom is -0.301 e. The Morgan fingerprint density at radius 3 is 2.44 bits per heavy atom. The fourth-order valence-corrected chi connectivity index (χ4v) is 3.61. The number of rotatable bonds is 8. The van der Waals surface area contributed by atoms with Crippen LogP contribution in [0.4, 0.5) is 9.52 Å². The third-order valence-electron chi connectivity index (χ3n) is 3.69. The third kappa shape index (κ3) is 6.33. The molecule has 0 atom stereocenters. The van der Waals surface area contributed by atoms with Crippen molar-refractivity contribution in [3.8, 4) is 10.6 Å². The molecule has 1 aromatic heterocycles. The topological polar surface area (TPSA) is 101 Å². The number of unbranched alkanes of at least 4 members (excludes halogenated alkanes) is 1. The van der Waals surface area contributed by atoms with Crippen LogP contribution in [0, 0.1) is 5.82 Å². The number of anilines is 1. The van der Waals surface area contributed by atoms with Crippen molar-refractivity contribution in [2.45, 2.75) is 44.8 Å². The van der Waals surface area contributed by atoms with Crippen LogP contribution in [0.3, 0.4) is 0 Å². The van der Waals surface area contributed by atoms with Crippen molar-refractivity contribution in [1.82, 2.24) is 14.9 Å². The summed E-state index contributed by atoms with van der Waals surface area (Å²) >= 11 is 1.20. The number of hydrogen-bond donors (Lipinski definition) is 2. The fourth-order valence-electron chi connectivity index (χ4n) is 2.00. The van der Waals surface area contributed by atoms with Crippen LogP contribution in [0.2, 0.25) is 0 Å². The highest BCUT2D eigenvalue weighted by atomic mass is 32.2. The normalized spacial score (nSPS) is 12.1. The number of halogens is 1. The summed E-state index contributed by atoms with van der Waals surface area (Å²) in [5.41, 5.74) is 0.723. The van der Waals surface area contributed by atoms with E-state index in [-0.39, 0.29) is 18.1 Å². The lowest BCUT2D eigenvalue weighted by atomic mass is 10.2. The molecule has 0 saturated carbocycles. The van der Waals surface area contributed by atoms with Crippen LogP contribution >= 0.6 is 11.3 Å². The number of benzene rings is 1. The van der Waals surface area contributed by atoms with Gasteiger partial charge in [0.1, 0.15) is 10.8 Å². The molecule has 0 radical (unpaired) electrons. The van der Waals surface area contributed by atoms with Gasteiger partial charge in [0.2, 0.25) is 21.1 Å². The van der Waals surface area contributed by atoms with Gasteiger partial charge in [0.05, 0.1) is 4.75 Å². The lowest BCUT2D eigenvalue weighted by molar-refractivity contribution is -0.116. The predicted octanol–water partition coefficient (Wildman–Crippen LogP) is 3.17. The van der Waals surface area contributed by atoms with Gasteiger partial charge in [-0.2, -0.15) is 0 Å². The standard InChI is InChI=1S/C17H23FN4O3S2/c1-17(2,3)27(24,25)19-11-5-4-6-14(23)20-16-22-21-15(26-16)12-7-9-13(18)10-8-12/h7-10,19H,4-6,11H2,1-3H3,(H,20,22,23). The molecule has 7 nitrogen and oxygen atoms in total. The van der Waals surface area contributed by atoms with Crippen molar-refractivity contribution in [3.05, 3.63) is 30.1 Å². The molecule has 0 bridgehead atoms. The summed E-state index contributed by atoms with van der Waals surface area (Å²) in [5, 5.41) is 11.5. The molecule has 0 saturated heterocycles. The first-order chi connectivity index (χ1) is 12.6. The van der Waals surface area contributed by atoms with Gasteiger partial charge in [0.25, 0.3) is 0 Å². The maximum Gasteiger partial charge on any atom is 0.226 e. The van der Waals surface area contributed by atoms with E-state index in [1.165, 1.54) is 23.5 Å². The number of carbonyl (C=O) groups is 1. The molecule has 1 aromatic carbocycles. The second-order valence-corrected chi connectivity index (χ2v) is 10.4. The first-order valence-corrected chi connectivity index (χ1v) is 10.8. The highest BCUT2D eigenvalue weighted by Crippen LogP contribution is 2.26. The molecule has 27 heavy (non-hydrogen) atoms. The van der Waals surface area contributed by atoms with Crippen molar-refractivity contribution in [2.24, 2.45) is 0 Å². The maximum atomic E-state index is 12.9. The van der Waals surface area contributed by atoms with E-state index in [1.807, 2.05) is 0 Å². The van der Waals surface area contributed by atoms with Crippen molar-refractivity contribution < 1.29 is 17.6 Å². The van der Waals surface area contributed by atoms with Crippen LogP contribution < -0.4 is 10.0 Å². The minimum atomic E-state index is -3.36. The number of nitrogens with one attached hydrogen (secondary N) is 2. The van der Waals surface area contributed by atoms with Crippen molar-refractivity contribution in [2.75, 3.05) is 11.9 Å². The zero-order chi connectivity index (χ0) is 20.1. The van der Waals surface area contributed by atoms with E-state index in [4.69, 9.17) is 0 Å². The quantitative estimate of drug-likeness (QED) is 0.646. The average Bonchev–Trinajstić information content (AvgIpc) is 3.02. The van der Waals surface area contributed by atoms with Crippen LogP contribution in [-0.4, -0.2) is 35.8 Å². The Morgan fingerprint density at radius 2 is 1.81 bits per heavy atom. The van der Waals surface area contributed by atoms with E-state index in [2.05, 4.69) is 20.2 Å². The second kappa shape index (κ2) is 8.85. The monoisotopic (exact) mass is 414 g/mol. The number of carbonyl (C=O) groups excluding carboxylic acids is 1. The molecule has 10 heteroatoms. The van der Waals surface area contributed by atoms with E-state index in [1.54, 1.807) is 32.9 Å². The summed E-state index contributed by atoms with van der Waals surface area (Å²) in [7, 11) is -3.36. The van der Waals surface area contributed by atoms with Gasteiger partial charge >= 0.3 is 0 Å². The molecule has 2 N–H and O–H groups in total. The first kappa shape index (κ1) is 21.4. The molecule has 1 amide bonds. The molecule has 0 aliphatic rings. The number of sulfonamides is 1. The zero-order valence-electron chi connectivity index (χ0n) is 15.5. The summed E-state index contributed by atoms with van der Waals surface area (Å²) in [6, 6.07) is 5.87. The van der Waals surface area contributed by atoms with Crippen LogP contribution in [0.25, 0.3) is 10.6 Å². The molecule has 0 fully saturated rings. The highest BCUT2D eigenvalue weighted by molar-refractivity contribution is 7.90. The Bertz CT molecular complexity index is 874. The van der Waals surface area contributed by atoms with Crippen LogP contribution in [0.15, 0.2) is 24.3 Å². The van der Waals surface area contributed by atoms with Crippen LogP contribution in [-0.2, 0) is 14.8 Å². The molecule has 0 aliphatic heterocycles. The van der Waals surface area contributed by atoms with E-state index in [0.29, 0.717) is 29.5 Å². The predicted molar refractivity (Wildman–Crippen MR) is 104 cm³/mol. The molecule has 1 heterocycles. The molecule has 0 aliphatic carbocycles. The van der Waals surface area contributed by atoms with Gasteiger partial charge in [-0.3, -0.25) is 4.79 Å². The Kier molecular flexibility index (Phi) is 7.01. The van der Waals surface area contributed by atoms with Gasteiger partial charge in [0, 0.05) is 18.5 Å². The molecule has 148 valence electrons. The van der Waals surface area contributed by atoms with Crippen molar-refractivity contribution in [3.63, 3.8) is 0 Å². The summed E-state index contributed by atoms with van der Waals surface area (Å²) in [5.74, 6) is -0.544. The number of hydrogen-bond acceptors (Lipinski definition) is 6. The Morgan fingerprint density at radius 1 is 1.15 bits per heavy atom. The first-order valence-electron chi connectivity index (χ1n) is 8.47. The average molecular weight is 415 g/mol. The number of aromatic nitrogens is 2. The largest absolute Gasteiger partial charge is 0.301 e. The summed E-state index contributed by atoms with van der Waals surface area (Å²) < 4.78 is 38.4. The molecule has 0 spiro atoms. The van der Waals surface area contributed by atoms with Gasteiger partial charge in [-0.25, -0.2) is 17.5 Å². The van der Waals surface area contributed by atoms with E-state index in [0.717, 1.165) is 5.56 Å². The molecule has 2 aromatic rings. The number of amides is 1. The van der Waals surface area contributed by atoms with E-state index < -0.39 is 14.8 Å². The summed E-state index contributed by atoms with van der Waals surface area (Å²) in [6.45, 7) is 5.18. The summed E-state index contributed by atoms with van der Waals surface area (Å²) in [4.78, 5) is 12.0. The smallest absolute Gasteiger partial charge is 0.226 e.